The number of likely N-dealkylation sites (tertiary alicyclic amines) is 1. The Bertz CT molecular complexity index is 1540. The summed E-state index contributed by atoms with van der Waals surface area (Å²) in [4.78, 5) is 11.7. The lowest BCUT2D eigenvalue weighted by Crippen LogP contribution is -2.43. The van der Waals surface area contributed by atoms with Crippen LogP contribution in [0.15, 0.2) is 54.6 Å². The number of nitrogen functional groups attached to an aromatic ring is 1. The normalized spacial score (nSPS) is 16.4. The first kappa shape index (κ1) is 27.0. The third kappa shape index (κ3) is 5.06. The topological polar surface area (TPSA) is 104 Å². The van der Waals surface area contributed by atoms with Crippen LogP contribution in [-0.2, 0) is 18.4 Å². The lowest BCUT2D eigenvalue weighted by molar-refractivity contribution is 0.142. The Balaban J connectivity index is 1.37. The monoisotopic (exact) mass is 555 g/mol. The number of nitrogens with two attached hydrogens (primary N) is 1. The first-order chi connectivity index (χ1) is 20.0. The molecular weight excluding hydrogens is 518 g/mol. The van der Waals surface area contributed by atoms with E-state index in [1.165, 1.54) is 11.1 Å². The molecule has 0 aliphatic carbocycles. The molecule has 1 aromatic heterocycles. The van der Waals surface area contributed by atoms with Gasteiger partial charge in [0.05, 0.1) is 19.7 Å². The van der Waals surface area contributed by atoms with Crippen molar-refractivity contribution in [1.29, 1.82) is 0 Å². The number of fused-ring (bicyclic) bond motifs is 2. The van der Waals surface area contributed by atoms with Gasteiger partial charge in [-0.15, -0.1) is 0 Å². The van der Waals surface area contributed by atoms with Crippen LogP contribution in [-0.4, -0.2) is 62.4 Å². The molecule has 3 aromatic carbocycles. The Labute approximate surface area is 240 Å². The van der Waals surface area contributed by atoms with Gasteiger partial charge in [0.15, 0.2) is 23.0 Å². The van der Waals surface area contributed by atoms with E-state index in [0.717, 1.165) is 60.4 Å². The maximum Gasteiger partial charge on any atom is 0.224 e. The molecule has 9 nitrogen and oxygen atoms in total. The molecule has 0 amide bonds. The third-order valence-electron chi connectivity index (χ3n) is 8.44. The molecule has 1 fully saturated rings. The van der Waals surface area contributed by atoms with E-state index in [1.807, 2.05) is 18.2 Å². The smallest absolute Gasteiger partial charge is 0.224 e. The molecule has 6 rings (SSSR count). The molecule has 1 saturated heterocycles. The largest absolute Gasteiger partial charge is 0.493 e. The fourth-order valence-corrected chi connectivity index (χ4v) is 6.35. The van der Waals surface area contributed by atoms with Crippen molar-refractivity contribution >= 4 is 22.7 Å². The fourth-order valence-electron chi connectivity index (χ4n) is 6.35. The van der Waals surface area contributed by atoms with Crippen molar-refractivity contribution in [1.82, 2.24) is 14.9 Å². The van der Waals surface area contributed by atoms with Gasteiger partial charge in [0.25, 0.3) is 0 Å². The van der Waals surface area contributed by atoms with Crippen molar-refractivity contribution in [3.05, 3.63) is 71.3 Å². The Hall–Kier alpha value is -4.24. The second-order valence-electron chi connectivity index (χ2n) is 10.7. The highest BCUT2D eigenvalue weighted by atomic mass is 16.6. The van der Waals surface area contributed by atoms with Crippen LogP contribution in [0.4, 0.5) is 11.8 Å². The molecule has 3 N–H and O–H groups in total. The Kier molecular flexibility index (Phi) is 7.45. The number of benzene rings is 3. The zero-order chi connectivity index (χ0) is 28.4. The minimum absolute atomic E-state index is 0.145. The van der Waals surface area contributed by atoms with Gasteiger partial charge in [-0.25, -0.2) is 4.98 Å². The van der Waals surface area contributed by atoms with Gasteiger partial charge in [-0.3, -0.25) is 4.90 Å². The van der Waals surface area contributed by atoms with Gasteiger partial charge in [0.2, 0.25) is 5.95 Å². The molecule has 9 heteroatoms. The summed E-state index contributed by atoms with van der Waals surface area (Å²) in [5.74, 6) is 3.92. The van der Waals surface area contributed by atoms with Crippen LogP contribution in [0.2, 0.25) is 0 Å². The van der Waals surface area contributed by atoms with E-state index in [2.05, 4.69) is 51.6 Å². The molecule has 3 heterocycles. The summed E-state index contributed by atoms with van der Waals surface area (Å²) in [6, 6.07) is 18.8. The molecule has 0 saturated carbocycles. The Morgan fingerprint density at radius 1 is 0.976 bits per heavy atom. The zero-order valence-corrected chi connectivity index (χ0v) is 23.9. The van der Waals surface area contributed by atoms with Crippen LogP contribution in [0.5, 0.6) is 23.0 Å². The second-order valence-corrected chi connectivity index (χ2v) is 10.7. The van der Waals surface area contributed by atoms with E-state index in [0.29, 0.717) is 42.9 Å². The van der Waals surface area contributed by atoms with Gasteiger partial charge in [-0.05, 0) is 44.0 Å². The van der Waals surface area contributed by atoms with Gasteiger partial charge in [0, 0.05) is 41.6 Å². The van der Waals surface area contributed by atoms with Crippen molar-refractivity contribution in [2.24, 2.45) is 0 Å². The number of hydrogen-bond donors (Lipinski definition) is 2. The summed E-state index contributed by atoms with van der Waals surface area (Å²) in [6.45, 7) is 3.85. The van der Waals surface area contributed by atoms with Crippen LogP contribution >= 0.6 is 0 Å². The number of nitrogens with zero attached hydrogens (tertiary/aromatic N) is 3. The predicted octanol–water partition coefficient (Wildman–Crippen LogP) is 4.82. The lowest BCUT2D eigenvalue weighted by Gasteiger charge is -2.43. The fraction of sp³-hybridized carbons (Fsp3) is 0.375. The van der Waals surface area contributed by atoms with Crippen molar-refractivity contribution in [2.75, 3.05) is 58.6 Å². The zero-order valence-electron chi connectivity index (χ0n) is 23.9. The SMILES string of the molecule is CNc1nc(N)c2c(CC3(c4ccccc4)CCN(Cc4cccc5c4OCCO5)CC3)c(OC)c(OC)cc2n1. The number of anilines is 2. The Morgan fingerprint density at radius 3 is 2.49 bits per heavy atom. The molecular formula is C32H37N5O4. The summed E-state index contributed by atoms with van der Waals surface area (Å²) in [5, 5.41) is 3.82. The molecule has 0 bridgehead atoms. The predicted molar refractivity (Wildman–Crippen MR) is 160 cm³/mol. The second kappa shape index (κ2) is 11.3. The van der Waals surface area contributed by atoms with Gasteiger partial charge >= 0.3 is 0 Å². The standard InChI is InChI=1S/C32H37N5O4/c1-34-31-35-24-18-26(38-2)29(39-3)23(27(24)30(33)36-31)19-32(22-9-5-4-6-10-22)12-14-37(15-13-32)20-21-8-7-11-25-28(21)41-17-16-40-25/h4-11,18H,12-17,19-20H2,1-3H3,(H3,33,34,35,36). The Morgan fingerprint density at radius 2 is 1.76 bits per heavy atom. The maximum absolute atomic E-state index is 6.58. The summed E-state index contributed by atoms with van der Waals surface area (Å²) in [5.41, 5.74) is 10.6. The third-order valence-corrected chi connectivity index (χ3v) is 8.44. The summed E-state index contributed by atoms with van der Waals surface area (Å²) in [7, 11) is 5.11. The number of para-hydroxylation sites is 1. The van der Waals surface area contributed by atoms with Crippen LogP contribution in [0.25, 0.3) is 10.9 Å². The summed E-state index contributed by atoms with van der Waals surface area (Å²) >= 11 is 0. The average molecular weight is 556 g/mol. The van der Waals surface area contributed by atoms with E-state index in [1.54, 1.807) is 21.3 Å². The van der Waals surface area contributed by atoms with E-state index in [4.69, 9.17) is 29.7 Å². The quantitative estimate of drug-likeness (QED) is 0.317. The van der Waals surface area contributed by atoms with E-state index >= 15 is 0 Å². The van der Waals surface area contributed by atoms with Crippen molar-refractivity contribution in [3.8, 4) is 23.0 Å². The minimum Gasteiger partial charge on any atom is -0.493 e. The minimum atomic E-state index is -0.145. The summed E-state index contributed by atoms with van der Waals surface area (Å²) in [6.07, 6.45) is 2.63. The number of methoxy groups -OCH3 is 2. The molecule has 214 valence electrons. The summed E-state index contributed by atoms with van der Waals surface area (Å²) < 4.78 is 23.6. The number of rotatable bonds is 8. The number of nitrogens with one attached hydrogen (secondary N) is 1. The molecule has 4 aromatic rings. The van der Waals surface area contributed by atoms with Crippen LogP contribution in [0, 0.1) is 0 Å². The van der Waals surface area contributed by atoms with Gasteiger partial charge < -0.3 is 30.0 Å². The lowest BCUT2D eigenvalue weighted by atomic mass is 9.68. The average Bonchev–Trinajstić information content (AvgIpc) is 3.02. The van der Waals surface area contributed by atoms with Crippen LogP contribution in [0.3, 0.4) is 0 Å². The maximum atomic E-state index is 6.58. The first-order valence-corrected chi connectivity index (χ1v) is 14.1. The van der Waals surface area contributed by atoms with E-state index in [-0.39, 0.29) is 5.41 Å². The van der Waals surface area contributed by atoms with Gasteiger partial charge in [0.1, 0.15) is 19.0 Å². The van der Waals surface area contributed by atoms with Crippen molar-refractivity contribution < 1.29 is 18.9 Å². The highest BCUT2D eigenvalue weighted by Gasteiger charge is 2.39. The molecule has 41 heavy (non-hydrogen) atoms. The number of aromatic nitrogens is 2. The van der Waals surface area contributed by atoms with Gasteiger partial charge in [-0.1, -0.05) is 42.5 Å². The molecule has 0 atom stereocenters. The van der Waals surface area contributed by atoms with E-state index < -0.39 is 0 Å². The first-order valence-electron chi connectivity index (χ1n) is 14.1. The van der Waals surface area contributed by atoms with Crippen LogP contribution < -0.4 is 30.0 Å². The molecule has 0 radical (unpaired) electrons. The number of ether oxygens (including phenoxy) is 4. The van der Waals surface area contributed by atoms with Crippen molar-refractivity contribution in [2.45, 2.75) is 31.2 Å². The van der Waals surface area contributed by atoms with Gasteiger partial charge in [-0.2, -0.15) is 4.98 Å². The van der Waals surface area contributed by atoms with Crippen molar-refractivity contribution in [3.63, 3.8) is 0 Å². The molecule has 0 unspecified atom stereocenters. The van der Waals surface area contributed by atoms with E-state index in [9.17, 15) is 0 Å². The number of piperidine rings is 1. The van der Waals surface area contributed by atoms with Crippen LogP contribution in [0.1, 0.15) is 29.5 Å². The highest BCUT2D eigenvalue weighted by Crippen LogP contribution is 2.46. The number of hydrogen-bond acceptors (Lipinski definition) is 9. The highest BCUT2D eigenvalue weighted by molar-refractivity contribution is 5.95. The molecule has 2 aliphatic heterocycles. The molecule has 2 aliphatic rings. The molecule has 0 spiro atoms.